The molecule has 4 unspecified atom stereocenters. The number of carboxylic acid groups (broad SMARTS) is 1. The van der Waals surface area contributed by atoms with Crippen molar-refractivity contribution in [2.45, 2.75) is 62.9 Å². The molecule has 36 heavy (non-hydrogen) atoms. The van der Waals surface area contributed by atoms with Crippen molar-refractivity contribution in [1.29, 1.82) is 0 Å². The second-order valence-corrected chi connectivity index (χ2v) is 11.2. The first-order valence-corrected chi connectivity index (χ1v) is 13.5. The van der Waals surface area contributed by atoms with Crippen LogP contribution >= 0.6 is 0 Å². The van der Waals surface area contributed by atoms with Crippen LogP contribution in [-0.4, -0.2) is 73.8 Å². The Kier molecular flexibility index (Phi) is 10.5. The van der Waals surface area contributed by atoms with Gasteiger partial charge in [0.05, 0.1) is 5.69 Å². The molecule has 0 radical (unpaired) electrons. The van der Waals surface area contributed by atoms with Gasteiger partial charge >= 0.3 is 5.97 Å². The second-order valence-electron chi connectivity index (χ2n) is 9.54. The molecular formula is C23H38N6O6S. The minimum atomic E-state index is -4.07. The monoisotopic (exact) mass is 526 g/mol. The molecule has 0 bridgehead atoms. The molecule has 4 atom stereocenters. The van der Waals surface area contributed by atoms with Crippen molar-refractivity contribution >= 4 is 33.9 Å². The number of nitrogens with one attached hydrogen (secondary N) is 3. The molecule has 1 amide bonds. The standard InChI is InChI=1S/C23H36N6O5S.H2O/c1-15-8-10-29(19(12-15)23(31)32)22(30)18(6-4-9-25-14-27-24)28-35(33,34)20-7-3-5-17-11-16(2)13-26-21(17)20;/h3,5,7,14-16,18-19,26,28H,4,6,8-13,24H2,1-2H3,(H,25,27)(H,31,32);1H2. The molecule has 13 heteroatoms. The molecule has 1 aromatic carbocycles. The van der Waals surface area contributed by atoms with Gasteiger partial charge in [0.2, 0.25) is 15.9 Å². The lowest BCUT2D eigenvalue weighted by molar-refractivity contribution is -0.153. The predicted octanol–water partition coefficient (Wildman–Crippen LogP) is 0.0964. The number of hydrogen-bond donors (Lipinski definition) is 5. The summed E-state index contributed by atoms with van der Waals surface area (Å²) in [5.74, 6) is 4.02. The fraction of sp³-hybridized carbons (Fsp3) is 0.609. The maximum Gasteiger partial charge on any atom is 0.326 e. The van der Waals surface area contributed by atoms with Crippen LogP contribution in [0.4, 0.5) is 5.69 Å². The van der Waals surface area contributed by atoms with Crippen molar-refractivity contribution in [3.05, 3.63) is 23.8 Å². The summed E-state index contributed by atoms with van der Waals surface area (Å²) >= 11 is 0. The molecule has 1 aromatic rings. The molecule has 0 aromatic heterocycles. The number of aliphatic carboxylic acids is 1. The smallest absolute Gasteiger partial charge is 0.326 e. The summed E-state index contributed by atoms with van der Waals surface area (Å²) in [6, 6.07) is 3.04. The first kappa shape index (κ1) is 29.3. The number of likely N-dealkylation sites (tertiary alicyclic amines) is 1. The van der Waals surface area contributed by atoms with Crippen LogP contribution in [-0.2, 0) is 26.0 Å². The molecular weight excluding hydrogens is 488 g/mol. The van der Waals surface area contributed by atoms with E-state index in [0.29, 0.717) is 44.0 Å². The lowest BCUT2D eigenvalue weighted by Crippen LogP contribution is -2.56. The summed E-state index contributed by atoms with van der Waals surface area (Å²) in [6.45, 7) is 5.39. The number of piperidine rings is 1. The van der Waals surface area contributed by atoms with Gasteiger partial charge in [0.15, 0.2) is 0 Å². The largest absolute Gasteiger partial charge is 0.480 e. The Balaban J connectivity index is 0.00000456. The Labute approximate surface area is 212 Å². The van der Waals surface area contributed by atoms with E-state index in [2.05, 4.69) is 27.4 Å². The molecule has 12 nitrogen and oxygen atoms in total. The Bertz CT molecular complexity index is 1050. The highest BCUT2D eigenvalue weighted by Crippen LogP contribution is 2.31. The van der Waals surface area contributed by atoms with Gasteiger partial charge in [0.1, 0.15) is 23.3 Å². The fourth-order valence-corrected chi connectivity index (χ4v) is 6.19. The van der Waals surface area contributed by atoms with Crippen molar-refractivity contribution in [2.24, 2.45) is 22.8 Å². The number of nitrogens with two attached hydrogens (primary N) is 1. The number of para-hydroxylation sites is 1. The maximum absolute atomic E-state index is 13.5. The summed E-state index contributed by atoms with van der Waals surface area (Å²) in [5.41, 5.74) is 1.47. The number of rotatable bonds is 10. The second kappa shape index (κ2) is 12.9. The molecule has 2 aliphatic heterocycles. The van der Waals surface area contributed by atoms with Crippen LogP contribution in [0.3, 0.4) is 0 Å². The Morgan fingerprint density at radius 1 is 1.33 bits per heavy atom. The highest BCUT2D eigenvalue weighted by atomic mass is 32.2. The van der Waals surface area contributed by atoms with E-state index in [0.717, 1.165) is 12.0 Å². The van der Waals surface area contributed by atoms with E-state index in [-0.39, 0.29) is 29.3 Å². The van der Waals surface area contributed by atoms with E-state index in [1.165, 1.54) is 17.3 Å². The van der Waals surface area contributed by atoms with Crippen LogP contribution in [0, 0.1) is 11.8 Å². The van der Waals surface area contributed by atoms with Gasteiger partial charge in [-0.05, 0) is 55.6 Å². The number of hydrazone groups is 1. The Morgan fingerprint density at radius 3 is 2.78 bits per heavy atom. The minimum absolute atomic E-state index is 0. The van der Waals surface area contributed by atoms with Crippen molar-refractivity contribution in [1.82, 2.24) is 14.9 Å². The van der Waals surface area contributed by atoms with Gasteiger partial charge in [0.25, 0.3) is 0 Å². The molecule has 2 heterocycles. The molecule has 8 N–H and O–H groups in total. The Hall–Kier alpha value is -2.90. The van der Waals surface area contributed by atoms with Crippen LogP contribution in [0.1, 0.15) is 45.1 Å². The zero-order chi connectivity index (χ0) is 25.6. The number of carbonyl (C=O) groups excluding carboxylic acids is 1. The molecule has 1 fully saturated rings. The van der Waals surface area contributed by atoms with E-state index in [1.54, 1.807) is 6.07 Å². The van der Waals surface area contributed by atoms with Gasteiger partial charge in [-0.3, -0.25) is 4.79 Å². The highest BCUT2D eigenvalue weighted by Gasteiger charge is 2.39. The molecule has 0 aliphatic carbocycles. The maximum atomic E-state index is 13.5. The topological polar surface area (TPSA) is 198 Å². The zero-order valence-electron chi connectivity index (χ0n) is 20.7. The van der Waals surface area contributed by atoms with Crippen molar-refractivity contribution in [3.63, 3.8) is 0 Å². The van der Waals surface area contributed by atoms with E-state index < -0.39 is 34.0 Å². The van der Waals surface area contributed by atoms with Gasteiger partial charge < -0.3 is 32.0 Å². The van der Waals surface area contributed by atoms with Gasteiger partial charge in [-0.15, -0.1) is 0 Å². The van der Waals surface area contributed by atoms with Gasteiger partial charge in [-0.2, -0.15) is 9.82 Å². The molecule has 2 aliphatic rings. The normalized spacial score (nSPS) is 22.7. The van der Waals surface area contributed by atoms with E-state index in [4.69, 9.17) is 5.84 Å². The number of benzene rings is 1. The highest BCUT2D eigenvalue weighted by molar-refractivity contribution is 7.89. The van der Waals surface area contributed by atoms with Crippen molar-refractivity contribution in [3.8, 4) is 0 Å². The zero-order valence-corrected chi connectivity index (χ0v) is 21.6. The van der Waals surface area contributed by atoms with Gasteiger partial charge in [0, 0.05) is 19.6 Å². The average molecular weight is 527 g/mol. The summed E-state index contributed by atoms with van der Waals surface area (Å²) < 4.78 is 29.6. The number of hydrogen-bond acceptors (Lipinski definition) is 7. The third kappa shape index (κ3) is 7.08. The van der Waals surface area contributed by atoms with Crippen LogP contribution in [0.5, 0.6) is 0 Å². The third-order valence-corrected chi connectivity index (χ3v) is 8.12. The van der Waals surface area contributed by atoms with Crippen molar-refractivity contribution in [2.75, 3.05) is 25.0 Å². The number of sulfonamides is 1. The van der Waals surface area contributed by atoms with Crippen LogP contribution in [0.25, 0.3) is 0 Å². The third-order valence-electron chi connectivity index (χ3n) is 6.61. The molecule has 0 saturated carbocycles. The van der Waals surface area contributed by atoms with Crippen molar-refractivity contribution < 1.29 is 28.6 Å². The lowest BCUT2D eigenvalue weighted by atomic mass is 9.91. The molecule has 0 spiro atoms. The molecule has 3 rings (SSSR count). The quantitative estimate of drug-likeness (QED) is 0.0929. The summed E-state index contributed by atoms with van der Waals surface area (Å²) in [4.78, 5) is 26.8. The number of carboxylic acids is 1. The van der Waals surface area contributed by atoms with Gasteiger partial charge in [-0.25, -0.2) is 13.2 Å². The summed E-state index contributed by atoms with van der Waals surface area (Å²) in [6.07, 6.45) is 3.70. The Morgan fingerprint density at radius 2 is 2.08 bits per heavy atom. The SMILES string of the molecule is CC1CNc2c(cccc2S(=O)(=O)NC(CCCNC=NN)C(=O)N2CCC(C)CC2C(=O)O)C1.O. The minimum Gasteiger partial charge on any atom is -0.480 e. The molecule has 1 saturated heterocycles. The van der Waals surface area contributed by atoms with E-state index in [9.17, 15) is 23.1 Å². The first-order chi connectivity index (χ1) is 16.6. The van der Waals surface area contributed by atoms with Crippen LogP contribution in [0.15, 0.2) is 28.2 Å². The molecule has 202 valence electrons. The first-order valence-electron chi connectivity index (χ1n) is 12.0. The predicted molar refractivity (Wildman–Crippen MR) is 137 cm³/mol. The van der Waals surface area contributed by atoms with Crippen LogP contribution < -0.4 is 21.2 Å². The van der Waals surface area contributed by atoms with E-state index >= 15 is 0 Å². The number of amides is 1. The fourth-order valence-electron chi connectivity index (χ4n) is 4.74. The van der Waals surface area contributed by atoms with Crippen LogP contribution in [0.2, 0.25) is 0 Å². The van der Waals surface area contributed by atoms with Gasteiger partial charge in [-0.1, -0.05) is 26.0 Å². The lowest BCUT2D eigenvalue weighted by Gasteiger charge is -2.38. The number of nitrogens with zero attached hydrogens (tertiary/aromatic N) is 2. The summed E-state index contributed by atoms with van der Waals surface area (Å²) in [5, 5.41) is 19.1. The van der Waals surface area contributed by atoms with E-state index in [1.807, 2.05) is 13.0 Å². The number of fused-ring (bicyclic) bond motifs is 1. The average Bonchev–Trinajstić information content (AvgIpc) is 2.82. The summed E-state index contributed by atoms with van der Waals surface area (Å²) in [7, 11) is -4.07. The number of carbonyl (C=O) groups is 2. The number of anilines is 1.